The highest BCUT2D eigenvalue weighted by Gasteiger charge is 2.31. The van der Waals surface area contributed by atoms with E-state index in [1.165, 1.54) is 6.07 Å². The fourth-order valence-electron chi connectivity index (χ4n) is 2.99. The molecule has 0 amide bonds. The van der Waals surface area contributed by atoms with Crippen molar-refractivity contribution in [1.29, 1.82) is 0 Å². The molecule has 1 fully saturated rings. The van der Waals surface area contributed by atoms with Gasteiger partial charge in [0.1, 0.15) is 11.6 Å². The molecule has 0 aliphatic carbocycles. The maximum atomic E-state index is 12.7. The second-order valence-corrected chi connectivity index (χ2v) is 6.30. The van der Waals surface area contributed by atoms with Crippen LogP contribution in [0.15, 0.2) is 24.4 Å². The molecule has 2 aromatic heterocycles. The Morgan fingerprint density at radius 1 is 1.23 bits per heavy atom. The number of nitrogens with one attached hydrogen (secondary N) is 2. The molecular weight excluding hydrogens is 345 g/mol. The number of anilines is 3. The number of aryl methyl sites for hydroxylation is 1. The smallest absolute Gasteiger partial charge is 0.373 e. The molecule has 1 aliphatic rings. The number of nitrogens with zero attached hydrogens (tertiary/aromatic N) is 4. The molecule has 0 bridgehead atoms. The lowest BCUT2D eigenvalue weighted by Gasteiger charge is -2.34. The van der Waals surface area contributed by atoms with Crippen LogP contribution in [0.2, 0.25) is 0 Å². The molecule has 1 atom stereocenters. The van der Waals surface area contributed by atoms with Gasteiger partial charge in [-0.3, -0.25) is 0 Å². The molecule has 3 heterocycles. The van der Waals surface area contributed by atoms with Crippen molar-refractivity contribution >= 4 is 17.6 Å². The fraction of sp³-hybridized carbons (Fsp3) is 0.471. The molecule has 0 aromatic carbocycles. The average molecular weight is 366 g/mol. The van der Waals surface area contributed by atoms with E-state index in [2.05, 4.69) is 25.6 Å². The Kier molecular flexibility index (Phi) is 5.15. The predicted molar refractivity (Wildman–Crippen MR) is 94.4 cm³/mol. The van der Waals surface area contributed by atoms with Crippen molar-refractivity contribution in [3.63, 3.8) is 0 Å². The number of aromatic nitrogens is 3. The number of halogens is 3. The Morgan fingerprint density at radius 3 is 2.69 bits per heavy atom. The summed E-state index contributed by atoms with van der Waals surface area (Å²) in [5, 5.41) is 6.31. The highest BCUT2D eigenvalue weighted by Crippen LogP contribution is 2.30. The van der Waals surface area contributed by atoms with Crippen LogP contribution >= 0.6 is 0 Å². The van der Waals surface area contributed by atoms with Gasteiger partial charge in [0.05, 0.1) is 5.56 Å². The molecule has 9 heteroatoms. The van der Waals surface area contributed by atoms with Crippen LogP contribution in [0.1, 0.15) is 24.1 Å². The lowest BCUT2D eigenvalue weighted by Crippen LogP contribution is -2.42. The van der Waals surface area contributed by atoms with E-state index in [0.717, 1.165) is 43.2 Å². The SMILES string of the molecule is CNc1cc(C)nc(NC2CCCN(c3ccc(C(F)(F)F)cn3)C2)n1. The minimum Gasteiger partial charge on any atom is -0.373 e. The van der Waals surface area contributed by atoms with E-state index in [1.54, 1.807) is 7.05 Å². The summed E-state index contributed by atoms with van der Waals surface area (Å²) in [6, 6.07) is 4.44. The van der Waals surface area contributed by atoms with Crippen molar-refractivity contribution in [2.24, 2.45) is 0 Å². The first-order valence-corrected chi connectivity index (χ1v) is 8.43. The van der Waals surface area contributed by atoms with Crippen molar-refractivity contribution in [1.82, 2.24) is 15.0 Å². The van der Waals surface area contributed by atoms with E-state index in [-0.39, 0.29) is 6.04 Å². The highest BCUT2D eigenvalue weighted by molar-refractivity contribution is 5.44. The zero-order chi connectivity index (χ0) is 18.7. The number of piperidine rings is 1. The zero-order valence-corrected chi connectivity index (χ0v) is 14.6. The molecule has 3 rings (SSSR count). The van der Waals surface area contributed by atoms with Crippen molar-refractivity contribution in [3.05, 3.63) is 35.7 Å². The maximum Gasteiger partial charge on any atom is 0.417 e. The normalized spacial score (nSPS) is 17.9. The number of rotatable bonds is 4. The summed E-state index contributed by atoms with van der Waals surface area (Å²) in [5.41, 5.74) is 0.115. The van der Waals surface area contributed by atoms with Gasteiger partial charge in [-0.15, -0.1) is 0 Å². The van der Waals surface area contributed by atoms with E-state index in [0.29, 0.717) is 18.3 Å². The van der Waals surface area contributed by atoms with E-state index in [9.17, 15) is 13.2 Å². The fourth-order valence-corrected chi connectivity index (χ4v) is 2.99. The van der Waals surface area contributed by atoms with Crippen LogP contribution in [0.25, 0.3) is 0 Å². The summed E-state index contributed by atoms with van der Waals surface area (Å²) in [6.07, 6.45) is -1.64. The summed E-state index contributed by atoms with van der Waals surface area (Å²) in [7, 11) is 1.80. The average Bonchev–Trinajstić information content (AvgIpc) is 2.61. The van der Waals surface area contributed by atoms with Crippen LogP contribution < -0.4 is 15.5 Å². The van der Waals surface area contributed by atoms with Crippen LogP contribution in [0.4, 0.5) is 30.8 Å². The lowest BCUT2D eigenvalue weighted by atomic mass is 10.1. The van der Waals surface area contributed by atoms with E-state index >= 15 is 0 Å². The molecule has 2 N–H and O–H groups in total. The minimum atomic E-state index is -4.37. The Morgan fingerprint density at radius 2 is 2.04 bits per heavy atom. The Balaban J connectivity index is 1.68. The molecule has 0 saturated carbocycles. The Bertz CT molecular complexity index is 747. The third kappa shape index (κ3) is 4.33. The number of pyridine rings is 1. The van der Waals surface area contributed by atoms with Gasteiger partial charge in [0.25, 0.3) is 0 Å². The van der Waals surface area contributed by atoms with E-state index in [1.807, 2.05) is 17.9 Å². The van der Waals surface area contributed by atoms with Gasteiger partial charge >= 0.3 is 6.18 Å². The number of hydrogen-bond donors (Lipinski definition) is 2. The topological polar surface area (TPSA) is 66.0 Å². The quantitative estimate of drug-likeness (QED) is 0.865. The third-order valence-electron chi connectivity index (χ3n) is 4.26. The monoisotopic (exact) mass is 366 g/mol. The van der Waals surface area contributed by atoms with Gasteiger partial charge in [0, 0.05) is 44.1 Å². The van der Waals surface area contributed by atoms with Gasteiger partial charge in [-0.2, -0.15) is 18.2 Å². The summed E-state index contributed by atoms with van der Waals surface area (Å²) < 4.78 is 38.0. The van der Waals surface area contributed by atoms with Gasteiger partial charge in [0.15, 0.2) is 0 Å². The van der Waals surface area contributed by atoms with E-state index < -0.39 is 11.7 Å². The maximum absolute atomic E-state index is 12.7. The standard InChI is InChI=1S/C17H21F3N6/c1-11-8-14(21-2)25-16(23-11)24-13-4-3-7-26(10-13)15-6-5-12(9-22-15)17(18,19)20/h5-6,8-9,13H,3-4,7,10H2,1-2H3,(H2,21,23,24,25). The van der Waals surface area contributed by atoms with Gasteiger partial charge in [-0.05, 0) is 31.9 Å². The third-order valence-corrected chi connectivity index (χ3v) is 4.26. The molecule has 26 heavy (non-hydrogen) atoms. The first-order chi connectivity index (χ1) is 12.3. The molecular formula is C17H21F3N6. The van der Waals surface area contributed by atoms with Crippen LogP contribution in [-0.2, 0) is 6.18 Å². The Labute approximate surface area is 149 Å². The van der Waals surface area contributed by atoms with Gasteiger partial charge < -0.3 is 15.5 Å². The van der Waals surface area contributed by atoms with Crippen molar-refractivity contribution in [3.8, 4) is 0 Å². The molecule has 1 saturated heterocycles. The molecule has 0 spiro atoms. The van der Waals surface area contributed by atoms with Crippen LogP contribution in [-0.4, -0.2) is 41.1 Å². The van der Waals surface area contributed by atoms with Crippen LogP contribution in [0, 0.1) is 6.92 Å². The van der Waals surface area contributed by atoms with Crippen molar-refractivity contribution in [2.75, 3.05) is 35.7 Å². The van der Waals surface area contributed by atoms with Crippen molar-refractivity contribution in [2.45, 2.75) is 32.0 Å². The summed E-state index contributed by atoms with van der Waals surface area (Å²) in [6.45, 7) is 3.28. The second-order valence-electron chi connectivity index (χ2n) is 6.30. The van der Waals surface area contributed by atoms with E-state index in [4.69, 9.17) is 0 Å². The summed E-state index contributed by atoms with van der Waals surface area (Å²) in [4.78, 5) is 14.8. The molecule has 1 aliphatic heterocycles. The highest BCUT2D eigenvalue weighted by atomic mass is 19.4. The first-order valence-electron chi connectivity index (χ1n) is 8.43. The minimum absolute atomic E-state index is 0.0966. The second kappa shape index (κ2) is 7.35. The largest absolute Gasteiger partial charge is 0.417 e. The molecule has 2 aromatic rings. The molecule has 140 valence electrons. The van der Waals surface area contributed by atoms with Crippen molar-refractivity contribution < 1.29 is 13.2 Å². The summed E-state index contributed by atoms with van der Waals surface area (Å²) in [5.74, 6) is 1.82. The number of hydrogen-bond acceptors (Lipinski definition) is 6. The zero-order valence-electron chi connectivity index (χ0n) is 14.6. The summed E-state index contributed by atoms with van der Waals surface area (Å²) >= 11 is 0. The Hall–Kier alpha value is -2.58. The van der Waals surface area contributed by atoms with Gasteiger partial charge in [-0.25, -0.2) is 9.97 Å². The molecule has 6 nitrogen and oxygen atoms in total. The lowest BCUT2D eigenvalue weighted by molar-refractivity contribution is -0.137. The van der Waals surface area contributed by atoms with Crippen LogP contribution in [0.5, 0.6) is 0 Å². The first kappa shape index (κ1) is 18.2. The molecule has 0 radical (unpaired) electrons. The molecule has 1 unspecified atom stereocenters. The predicted octanol–water partition coefficient (Wildman–Crippen LogP) is 3.32. The van der Waals surface area contributed by atoms with Gasteiger partial charge in [0.2, 0.25) is 5.95 Å². The number of alkyl halides is 3. The van der Waals surface area contributed by atoms with Crippen LogP contribution in [0.3, 0.4) is 0 Å². The van der Waals surface area contributed by atoms with Gasteiger partial charge in [-0.1, -0.05) is 0 Å².